The average Bonchev–Trinajstić information content (AvgIpc) is 2.69. The van der Waals surface area contributed by atoms with Gasteiger partial charge in [-0.15, -0.1) is 0 Å². The molecule has 0 unspecified atom stereocenters. The minimum Gasteiger partial charge on any atom is -0.493 e. The Kier molecular flexibility index (Phi) is 7.02. The number of esters is 1. The third-order valence-corrected chi connectivity index (χ3v) is 3.97. The second-order valence-corrected chi connectivity index (χ2v) is 5.62. The van der Waals surface area contributed by atoms with Crippen LogP contribution in [0.5, 0.6) is 11.5 Å². The van der Waals surface area contributed by atoms with E-state index < -0.39 is 0 Å². The topological polar surface area (TPSA) is 73.9 Å². The maximum atomic E-state index is 12.1. The Labute approximate surface area is 153 Å². The molecule has 138 valence electrons. The van der Waals surface area contributed by atoms with Crippen LogP contribution in [0.2, 0.25) is 0 Å². The summed E-state index contributed by atoms with van der Waals surface area (Å²) in [4.78, 5) is 23.5. The highest BCUT2D eigenvalue weighted by molar-refractivity contribution is 5.89. The number of carbonyl (C=O) groups is 2. The van der Waals surface area contributed by atoms with Crippen molar-refractivity contribution in [3.8, 4) is 11.5 Å². The fourth-order valence-corrected chi connectivity index (χ4v) is 2.56. The number of carbonyl (C=O) groups excluding carboxylic acids is 2. The van der Waals surface area contributed by atoms with Gasteiger partial charge in [-0.3, -0.25) is 4.79 Å². The van der Waals surface area contributed by atoms with Gasteiger partial charge < -0.3 is 19.5 Å². The van der Waals surface area contributed by atoms with E-state index >= 15 is 0 Å². The maximum absolute atomic E-state index is 12.1. The summed E-state index contributed by atoms with van der Waals surface area (Å²) in [5, 5.41) is 2.87. The molecule has 0 heterocycles. The fourth-order valence-electron chi connectivity index (χ4n) is 2.56. The van der Waals surface area contributed by atoms with E-state index in [1.165, 1.54) is 7.11 Å². The number of aryl methyl sites for hydroxylation is 1. The van der Waals surface area contributed by atoms with Gasteiger partial charge in [0.1, 0.15) is 0 Å². The lowest BCUT2D eigenvalue weighted by atomic mass is 10.1. The Hall–Kier alpha value is -3.02. The highest BCUT2D eigenvalue weighted by atomic mass is 16.5. The van der Waals surface area contributed by atoms with E-state index in [1.807, 2.05) is 18.2 Å². The number of hydrogen-bond donors (Lipinski definition) is 1. The summed E-state index contributed by atoms with van der Waals surface area (Å²) in [6.07, 6.45) is 0.886. The van der Waals surface area contributed by atoms with Crippen LogP contribution in [0.3, 0.4) is 0 Å². The molecule has 0 radical (unpaired) electrons. The highest BCUT2D eigenvalue weighted by Gasteiger charge is 2.11. The fraction of sp³-hybridized carbons (Fsp3) is 0.300. The molecule has 0 saturated heterocycles. The van der Waals surface area contributed by atoms with Gasteiger partial charge in [-0.2, -0.15) is 0 Å². The zero-order chi connectivity index (χ0) is 18.9. The van der Waals surface area contributed by atoms with Gasteiger partial charge in [-0.25, -0.2) is 4.79 Å². The predicted molar refractivity (Wildman–Crippen MR) is 97.5 cm³/mol. The Bertz CT molecular complexity index is 755. The van der Waals surface area contributed by atoms with Gasteiger partial charge in [0, 0.05) is 13.0 Å². The Balaban J connectivity index is 1.87. The van der Waals surface area contributed by atoms with Crippen molar-refractivity contribution in [2.24, 2.45) is 0 Å². The molecule has 26 heavy (non-hydrogen) atoms. The molecule has 2 aromatic rings. The molecule has 0 saturated carbocycles. The lowest BCUT2D eigenvalue weighted by Gasteiger charge is -2.12. The maximum Gasteiger partial charge on any atom is 0.337 e. The van der Waals surface area contributed by atoms with E-state index in [2.05, 4.69) is 10.1 Å². The van der Waals surface area contributed by atoms with E-state index in [9.17, 15) is 9.59 Å². The van der Waals surface area contributed by atoms with Crippen LogP contribution in [-0.4, -0.2) is 33.2 Å². The monoisotopic (exact) mass is 357 g/mol. The van der Waals surface area contributed by atoms with Crippen LogP contribution in [0.4, 0.5) is 0 Å². The Morgan fingerprint density at radius 2 is 1.69 bits per heavy atom. The summed E-state index contributed by atoms with van der Waals surface area (Å²) in [7, 11) is 4.51. The second-order valence-electron chi connectivity index (χ2n) is 5.62. The largest absolute Gasteiger partial charge is 0.493 e. The summed E-state index contributed by atoms with van der Waals surface area (Å²) in [6.45, 7) is 0.398. The summed E-state index contributed by atoms with van der Waals surface area (Å²) < 4.78 is 15.3. The first kappa shape index (κ1) is 19.3. The van der Waals surface area contributed by atoms with Gasteiger partial charge in [0.2, 0.25) is 5.91 Å². The third-order valence-electron chi connectivity index (χ3n) is 3.97. The van der Waals surface area contributed by atoms with Crippen molar-refractivity contribution >= 4 is 11.9 Å². The van der Waals surface area contributed by atoms with Crippen molar-refractivity contribution in [2.45, 2.75) is 19.4 Å². The molecule has 0 atom stereocenters. The third kappa shape index (κ3) is 4.99. The number of ether oxygens (including phenoxy) is 3. The van der Waals surface area contributed by atoms with E-state index in [1.54, 1.807) is 38.5 Å². The second kappa shape index (κ2) is 9.46. The number of para-hydroxylation sites is 1. The molecule has 1 amide bonds. The van der Waals surface area contributed by atoms with Gasteiger partial charge in [0.15, 0.2) is 11.5 Å². The minimum absolute atomic E-state index is 0.0630. The molecule has 6 nitrogen and oxygen atoms in total. The molecule has 6 heteroatoms. The number of amides is 1. The first-order valence-corrected chi connectivity index (χ1v) is 8.22. The zero-order valence-electron chi connectivity index (χ0n) is 15.2. The standard InChI is InChI=1S/C20H23NO5/c1-24-17-6-4-5-15(19(17)25-2)11-12-18(22)21-13-14-7-9-16(10-8-14)20(23)26-3/h4-10H,11-13H2,1-3H3,(H,21,22). The molecule has 0 aromatic heterocycles. The van der Waals surface area contributed by atoms with Crippen molar-refractivity contribution in [3.05, 3.63) is 59.2 Å². The van der Waals surface area contributed by atoms with Crippen LogP contribution in [0.1, 0.15) is 27.9 Å². The summed E-state index contributed by atoms with van der Waals surface area (Å²) in [5.74, 6) is 0.858. The van der Waals surface area contributed by atoms with E-state index in [4.69, 9.17) is 9.47 Å². The van der Waals surface area contributed by atoms with Crippen LogP contribution >= 0.6 is 0 Å². The zero-order valence-corrected chi connectivity index (χ0v) is 15.2. The molecule has 2 aromatic carbocycles. The lowest BCUT2D eigenvalue weighted by molar-refractivity contribution is -0.121. The Morgan fingerprint density at radius 1 is 0.962 bits per heavy atom. The molecular formula is C20H23NO5. The molecule has 0 aliphatic heterocycles. The lowest BCUT2D eigenvalue weighted by Crippen LogP contribution is -2.23. The van der Waals surface area contributed by atoms with Crippen molar-refractivity contribution in [3.63, 3.8) is 0 Å². The number of nitrogens with one attached hydrogen (secondary N) is 1. The first-order chi connectivity index (χ1) is 12.6. The Morgan fingerprint density at radius 3 is 2.31 bits per heavy atom. The van der Waals surface area contributed by atoms with Gasteiger partial charge in [0.05, 0.1) is 26.9 Å². The van der Waals surface area contributed by atoms with Crippen molar-refractivity contribution in [1.82, 2.24) is 5.32 Å². The van der Waals surface area contributed by atoms with Crippen molar-refractivity contribution < 1.29 is 23.8 Å². The van der Waals surface area contributed by atoms with Crippen LogP contribution in [0, 0.1) is 0 Å². The van der Waals surface area contributed by atoms with E-state index in [0.29, 0.717) is 36.4 Å². The number of rotatable bonds is 8. The number of hydrogen-bond acceptors (Lipinski definition) is 5. The highest BCUT2D eigenvalue weighted by Crippen LogP contribution is 2.31. The van der Waals surface area contributed by atoms with Crippen molar-refractivity contribution in [2.75, 3.05) is 21.3 Å². The van der Waals surface area contributed by atoms with Gasteiger partial charge >= 0.3 is 5.97 Å². The molecule has 0 spiro atoms. The van der Waals surface area contributed by atoms with Gasteiger partial charge in [-0.05, 0) is 35.7 Å². The average molecular weight is 357 g/mol. The van der Waals surface area contributed by atoms with Crippen molar-refractivity contribution in [1.29, 1.82) is 0 Å². The number of methoxy groups -OCH3 is 3. The number of benzene rings is 2. The van der Waals surface area contributed by atoms with Crippen LogP contribution in [0.15, 0.2) is 42.5 Å². The van der Waals surface area contributed by atoms with Gasteiger partial charge in [0.25, 0.3) is 0 Å². The van der Waals surface area contributed by atoms with E-state index in [-0.39, 0.29) is 11.9 Å². The molecule has 0 aliphatic carbocycles. The van der Waals surface area contributed by atoms with Crippen LogP contribution in [0.25, 0.3) is 0 Å². The molecule has 0 bridgehead atoms. The summed E-state index contributed by atoms with van der Waals surface area (Å²) >= 11 is 0. The van der Waals surface area contributed by atoms with Crippen LogP contribution < -0.4 is 14.8 Å². The predicted octanol–water partition coefficient (Wildman–Crippen LogP) is 2.74. The summed E-state index contributed by atoms with van der Waals surface area (Å²) in [5.41, 5.74) is 2.31. The molecular weight excluding hydrogens is 334 g/mol. The molecule has 2 rings (SSSR count). The van der Waals surface area contributed by atoms with E-state index in [0.717, 1.165) is 11.1 Å². The SMILES string of the molecule is COC(=O)c1ccc(CNC(=O)CCc2cccc(OC)c2OC)cc1. The van der Waals surface area contributed by atoms with Crippen LogP contribution in [-0.2, 0) is 22.5 Å². The quantitative estimate of drug-likeness (QED) is 0.736. The van der Waals surface area contributed by atoms with Gasteiger partial charge in [-0.1, -0.05) is 24.3 Å². The minimum atomic E-state index is -0.382. The smallest absolute Gasteiger partial charge is 0.337 e. The molecule has 1 N–H and O–H groups in total. The summed E-state index contributed by atoms with van der Waals surface area (Å²) in [6, 6.07) is 12.5. The molecule has 0 aliphatic rings. The first-order valence-electron chi connectivity index (χ1n) is 8.22. The molecule has 0 fully saturated rings. The normalized spacial score (nSPS) is 10.1.